The Bertz CT molecular complexity index is 1470. The summed E-state index contributed by atoms with van der Waals surface area (Å²) in [7, 11) is 0. The summed E-state index contributed by atoms with van der Waals surface area (Å²) in [4.78, 5) is 17.3. The molecule has 206 valence electrons. The van der Waals surface area contributed by atoms with Crippen molar-refractivity contribution >= 4 is 5.69 Å². The summed E-state index contributed by atoms with van der Waals surface area (Å²) < 4.78 is 21.3. The highest BCUT2D eigenvalue weighted by Crippen LogP contribution is 2.53. The van der Waals surface area contributed by atoms with Gasteiger partial charge in [0.2, 0.25) is 0 Å². The first-order chi connectivity index (χ1) is 19.5. The fourth-order valence-corrected chi connectivity index (χ4v) is 7.64. The van der Waals surface area contributed by atoms with E-state index in [0.717, 1.165) is 76.1 Å². The summed E-state index contributed by atoms with van der Waals surface area (Å²) in [6.45, 7) is 4.83. The van der Waals surface area contributed by atoms with Gasteiger partial charge in [0.25, 0.3) is 0 Å². The second-order valence-electron chi connectivity index (χ2n) is 11.7. The number of piperidine rings is 1. The molecule has 0 bridgehead atoms. The van der Waals surface area contributed by atoms with Gasteiger partial charge in [0, 0.05) is 49.4 Å². The first-order valence-corrected chi connectivity index (χ1v) is 14.3. The van der Waals surface area contributed by atoms with Gasteiger partial charge < -0.3 is 14.2 Å². The first-order valence-electron chi connectivity index (χ1n) is 14.3. The third-order valence-electron chi connectivity index (χ3n) is 9.58. The molecule has 3 fully saturated rings. The molecule has 3 heterocycles. The van der Waals surface area contributed by atoms with Crippen molar-refractivity contribution in [2.45, 2.75) is 43.6 Å². The van der Waals surface area contributed by atoms with Crippen LogP contribution in [0.3, 0.4) is 0 Å². The number of anilines is 1. The van der Waals surface area contributed by atoms with Crippen molar-refractivity contribution in [1.29, 1.82) is 10.5 Å². The Labute approximate surface area is 234 Å². The number of rotatable bonds is 7. The van der Waals surface area contributed by atoms with Gasteiger partial charge in [0.1, 0.15) is 12.1 Å². The number of hydrogen-bond acceptors (Lipinski definition) is 6. The van der Waals surface area contributed by atoms with E-state index in [1.54, 1.807) is 16.8 Å². The normalized spacial score (nSPS) is 23.7. The second-order valence-corrected chi connectivity index (χ2v) is 11.7. The van der Waals surface area contributed by atoms with Crippen LogP contribution in [-0.4, -0.2) is 42.2 Å². The Balaban J connectivity index is 1.17. The minimum atomic E-state index is -0.880. The molecule has 0 radical (unpaired) electrons. The van der Waals surface area contributed by atoms with Crippen molar-refractivity contribution in [2.75, 3.05) is 37.6 Å². The zero-order valence-corrected chi connectivity index (χ0v) is 22.6. The lowest BCUT2D eigenvalue weighted by Crippen LogP contribution is -2.54. The van der Waals surface area contributed by atoms with Crippen LogP contribution in [0.15, 0.2) is 70.2 Å². The van der Waals surface area contributed by atoms with Crippen molar-refractivity contribution in [3.63, 3.8) is 0 Å². The van der Waals surface area contributed by atoms with Crippen molar-refractivity contribution in [3.8, 4) is 12.1 Å². The SMILES string of the molecule is N#Cc1ccc(N2CC(CN3CCC(C(C#N)(c4cccc(F)c4)[C@H]4CCC[C@@H]4n4ccoc4=O)CC3)C2)cc1. The molecule has 1 saturated carbocycles. The van der Waals surface area contributed by atoms with Gasteiger partial charge >= 0.3 is 5.76 Å². The zero-order valence-electron chi connectivity index (χ0n) is 22.6. The molecule has 0 spiro atoms. The maximum absolute atomic E-state index is 14.6. The van der Waals surface area contributed by atoms with Gasteiger partial charge in [-0.3, -0.25) is 4.57 Å². The highest BCUT2D eigenvalue weighted by molar-refractivity contribution is 5.51. The highest BCUT2D eigenvalue weighted by atomic mass is 19.1. The van der Waals surface area contributed by atoms with Gasteiger partial charge in [-0.25, -0.2) is 9.18 Å². The molecule has 40 heavy (non-hydrogen) atoms. The molecule has 2 aromatic carbocycles. The van der Waals surface area contributed by atoms with Crippen LogP contribution in [0.2, 0.25) is 0 Å². The number of benzene rings is 2. The Morgan fingerprint density at radius 1 is 1.02 bits per heavy atom. The molecule has 1 unspecified atom stereocenters. The molecule has 1 aliphatic carbocycles. The third kappa shape index (κ3) is 4.71. The highest BCUT2D eigenvalue weighted by Gasteiger charge is 2.53. The molecule has 2 aliphatic heterocycles. The predicted octanol–water partition coefficient (Wildman–Crippen LogP) is 5.10. The van der Waals surface area contributed by atoms with Crippen molar-refractivity contribution < 1.29 is 8.81 Å². The van der Waals surface area contributed by atoms with E-state index >= 15 is 0 Å². The lowest BCUT2D eigenvalue weighted by molar-refractivity contribution is 0.0910. The smallest absolute Gasteiger partial charge is 0.416 e. The van der Waals surface area contributed by atoms with E-state index in [4.69, 9.17) is 9.68 Å². The number of halogens is 1. The predicted molar refractivity (Wildman–Crippen MR) is 149 cm³/mol. The van der Waals surface area contributed by atoms with E-state index in [9.17, 15) is 14.4 Å². The zero-order chi connectivity index (χ0) is 27.7. The molecular weight excluding hydrogens is 505 g/mol. The minimum absolute atomic E-state index is 0.0697. The lowest BCUT2D eigenvalue weighted by Gasteiger charge is -2.48. The second kappa shape index (κ2) is 10.9. The summed E-state index contributed by atoms with van der Waals surface area (Å²) in [6, 6.07) is 19.1. The van der Waals surface area contributed by atoms with E-state index in [2.05, 4.69) is 21.9 Å². The summed E-state index contributed by atoms with van der Waals surface area (Å²) >= 11 is 0. The minimum Gasteiger partial charge on any atom is -0.416 e. The van der Waals surface area contributed by atoms with E-state index in [-0.39, 0.29) is 23.7 Å². The van der Waals surface area contributed by atoms with Crippen LogP contribution in [0.5, 0.6) is 0 Å². The molecule has 1 aromatic heterocycles. The average molecular weight is 540 g/mol. The van der Waals surface area contributed by atoms with Crippen molar-refractivity contribution in [1.82, 2.24) is 9.47 Å². The van der Waals surface area contributed by atoms with Crippen LogP contribution < -0.4 is 10.7 Å². The molecule has 3 aromatic rings. The molecule has 2 saturated heterocycles. The molecule has 8 heteroatoms. The van der Waals surface area contributed by atoms with E-state index in [1.165, 1.54) is 18.4 Å². The maximum Gasteiger partial charge on any atom is 0.419 e. The van der Waals surface area contributed by atoms with Crippen molar-refractivity contribution in [3.05, 3.63) is 88.5 Å². The maximum atomic E-state index is 14.6. The molecule has 0 amide bonds. The summed E-state index contributed by atoms with van der Waals surface area (Å²) in [5.74, 6) is -0.169. The third-order valence-corrected chi connectivity index (χ3v) is 9.58. The van der Waals surface area contributed by atoms with Crippen LogP contribution in [-0.2, 0) is 5.41 Å². The fourth-order valence-electron chi connectivity index (χ4n) is 7.64. The van der Waals surface area contributed by atoms with Gasteiger partial charge in [0.05, 0.1) is 23.1 Å². The van der Waals surface area contributed by atoms with Gasteiger partial charge in [-0.2, -0.15) is 10.5 Å². The standard InChI is InChI=1S/C32H34FN5O2/c33-27-4-1-3-26(17-27)32(22-35,29-5-2-6-30(29)38-15-16-40-31(38)39)25-11-13-36(14-12-25)19-24-20-37(21-24)28-9-7-23(18-34)8-10-28/h1,3-4,7-10,15-17,24-25,29-30H,2,5-6,11-14,19-21H2/t29-,30-,32?/m0/s1. The quantitative estimate of drug-likeness (QED) is 0.415. The van der Waals surface area contributed by atoms with Crippen LogP contribution in [0.1, 0.15) is 49.3 Å². The Morgan fingerprint density at radius 3 is 2.45 bits per heavy atom. The Kier molecular flexibility index (Phi) is 7.21. The van der Waals surface area contributed by atoms with Crippen LogP contribution >= 0.6 is 0 Å². The number of oxazole rings is 1. The fraction of sp³-hybridized carbons (Fsp3) is 0.469. The Hall–Kier alpha value is -3.88. The summed E-state index contributed by atoms with van der Waals surface area (Å²) in [5.41, 5.74) is 1.69. The number of hydrogen-bond donors (Lipinski definition) is 0. The largest absolute Gasteiger partial charge is 0.419 e. The van der Waals surface area contributed by atoms with Crippen LogP contribution in [0.25, 0.3) is 0 Å². The molecule has 0 N–H and O–H groups in total. The van der Waals surface area contributed by atoms with Crippen LogP contribution in [0.4, 0.5) is 10.1 Å². The topological polar surface area (TPSA) is 89.2 Å². The molecule has 3 atom stereocenters. The molecular formula is C32H34FN5O2. The number of aromatic nitrogens is 1. The van der Waals surface area contributed by atoms with Crippen LogP contribution in [0, 0.1) is 46.2 Å². The van der Waals surface area contributed by atoms with E-state index in [1.807, 2.05) is 30.3 Å². The van der Waals surface area contributed by atoms with Gasteiger partial charge in [-0.1, -0.05) is 18.6 Å². The summed E-state index contributed by atoms with van der Waals surface area (Å²) in [6.07, 6.45) is 7.36. The Morgan fingerprint density at radius 2 is 1.80 bits per heavy atom. The molecule has 7 nitrogen and oxygen atoms in total. The number of nitrogens with zero attached hydrogens (tertiary/aromatic N) is 5. The molecule has 6 rings (SSSR count). The van der Waals surface area contributed by atoms with Crippen molar-refractivity contribution in [2.24, 2.45) is 17.8 Å². The first kappa shape index (κ1) is 26.3. The molecule has 3 aliphatic rings. The summed E-state index contributed by atoms with van der Waals surface area (Å²) in [5, 5.41) is 20.0. The number of nitriles is 2. The monoisotopic (exact) mass is 539 g/mol. The van der Waals surface area contributed by atoms with Gasteiger partial charge in [0.15, 0.2) is 0 Å². The lowest BCUT2D eigenvalue weighted by atomic mass is 9.59. The number of likely N-dealkylation sites (tertiary alicyclic amines) is 1. The van der Waals surface area contributed by atoms with E-state index < -0.39 is 11.2 Å². The van der Waals surface area contributed by atoms with Gasteiger partial charge in [-0.05, 0) is 86.7 Å². The van der Waals surface area contributed by atoms with E-state index in [0.29, 0.717) is 11.5 Å². The average Bonchev–Trinajstić information content (AvgIpc) is 3.61. The van der Waals surface area contributed by atoms with Gasteiger partial charge in [-0.15, -0.1) is 0 Å².